The summed E-state index contributed by atoms with van der Waals surface area (Å²) < 4.78 is 0. The third-order valence-corrected chi connectivity index (χ3v) is 3.62. The molecular weight excluding hydrogens is 210 g/mol. The molecule has 1 aliphatic heterocycles. The van der Waals surface area contributed by atoms with Crippen LogP contribution in [0.15, 0.2) is 6.07 Å². The van der Waals surface area contributed by atoms with Crippen molar-refractivity contribution in [2.75, 3.05) is 18.0 Å². The van der Waals surface area contributed by atoms with E-state index in [1.807, 2.05) is 13.8 Å². The number of hydrogen-bond acceptors (Lipinski definition) is 3. The highest BCUT2D eigenvalue weighted by molar-refractivity contribution is 5.39. The SMILES string of the molecule is Cc1cc(N2CCCC(C)(C)CC2)nc(C)n1. The van der Waals surface area contributed by atoms with E-state index in [0.717, 1.165) is 30.4 Å². The van der Waals surface area contributed by atoms with Crippen LogP contribution in [0.1, 0.15) is 44.6 Å². The van der Waals surface area contributed by atoms with Crippen molar-refractivity contribution in [1.82, 2.24) is 9.97 Å². The van der Waals surface area contributed by atoms with Gasteiger partial charge in [-0.1, -0.05) is 13.8 Å². The number of aromatic nitrogens is 2. The van der Waals surface area contributed by atoms with Gasteiger partial charge in [-0.3, -0.25) is 0 Å². The Balaban J connectivity index is 2.17. The van der Waals surface area contributed by atoms with Crippen molar-refractivity contribution in [2.24, 2.45) is 5.41 Å². The van der Waals surface area contributed by atoms with Gasteiger partial charge in [-0.15, -0.1) is 0 Å². The number of hydrogen-bond donors (Lipinski definition) is 0. The first-order valence-electron chi connectivity index (χ1n) is 6.53. The van der Waals surface area contributed by atoms with Crippen LogP contribution < -0.4 is 4.90 Å². The fourth-order valence-electron chi connectivity index (χ4n) is 2.51. The standard InChI is InChI=1S/C14H23N3/c1-11-10-13(16-12(2)15-11)17-8-5-6-14(3,4)7-9-17/h10H,5-9H2,1-4H3. The van der Waals surface area contributed by atoms with Gasteiger partial charge in [0.05, 0.1) is 0 Å². The quantitative estimate of drug-likeness (QED) is 0.746. The molecule has 1 aromatic heterocycles. The van der Waals surface area contributed by atoms with Crippen molar-refractivity contribution in [3.05, 3.63) is 17.6 Å². The van der Waals surface area contributed by atoms with Gasteiger partial charge in [0.2, 0.25) is 0 Å². The Morgan fingerprint density at radius 3 is 2.59 bits per heavy atom. The lowest BCUT2D eigenvalue weighted by molar-refractivity contribution is 0.325. The van der Waals surface area contributed by atoms with Crippen molar-refractivity contribution in [3.8, 4) is 0 Å². The Labute approximate surface area is 104 Å². The van der Waals surface area contributed by atoms with Crippen molar-refractivity contribution < 1.29 is 0 Å². The van der Waals surface area contributed by atoms with Crippen LogP contribution in [-0.4, -0.2) is 23.1 Å². The van der Waals surface area contributed by atoms with Gasteiger partial charge < -0.3 is 4.90 Å². The molecule has 1 saturated heterocycles. The van der Waals surface area contributed by atoms with Gasteiger partial charge in [0, 0.05) is 24.8 Å². The van der Waals surface area contributed by atoms with Crippen LogP contribution in [0.3, 0.4) is 0 Å². The number of nitrogens with zero attached hydrogens (tertiary/aromatic N) is 3. The summed E-state index contributed by atoms with van der Waals surface area (Å²) in [6, 6.07) is 2.10. The summed E-state index contributed by atoms with van der Waals surface area (Å²) in [5, 5.41) is 0. The molecule has 0 atom stereocenters. The van der Waals surface area contributed by atoms with E-state index < -0.39 is 0 Å². The van der Waals surface area contributed by atoms with E-state index in [1.165, 1.54) is 19.3 Å². The number of aryl methyl sites for hydroxylation is 2. The van der Waals surface area contributed by atoms with E-state index >= 15 is 0 Å². The van der Waals surface area contributed by atoms with Gasteiger partial charge in [0.25, 0.3) is 0 Å². The maximum atomic E-state index is 4.56. The zero-order chi connectivity index (χ0) is 12.5. The summed E-state index contributed by atoms with van der Waals surface area (Å²) in [4.78, 5) is 11.3. The second kappa shape index (κ2) is 4.63. The highest BCUT2D eigenvalue weighted by Gasteiger charge is 2.23. The minimum Gasteiger partial charge on any atom is -0.356 e. The van der Waals surface area contributed by atoms with Gasteiger partial charge in [-0.25, -0.2) is 9.97 Å². The van der Waals surface area contributed by atoms with E-state index in [0.29, 0.717) is 5.41 Å². The number of anilines is 1. The highest BCUT2D eigenvalue weighted by Crippen LogP contribution is 2.31. The zero-order valence-electron chi connectivity index (χ0n) is 11.5. The normalized spacial score (nSPS) is 20.1. The summed E-state index contributed by atoms with van der Waals surface area (Å²) in [5.41, 5.74) is 1.54. The second-order valence-electron chi connectivity index (χ2n) is 5.92. The fraction of sp³-hybridized carbons (Fsp3) is 0.714. The van der Waals surface area contributed by atoms with E-state index in [9.17, 15) is 0 Å². The molecule has 3 nitrogen and oxygen atoms in total. The second-order valence-corrected chi connectivity index (χ2v) is 5.92. The van der Waals surface area contributed by atoms with Crippen LogP contribution >= 0.6 is 0 Å². The molecule has 17 heavy (non-hydrogen) atoms. The summed E-state index contributed by atoms with van der Waals surface area (Å²) in [6.45, 7) is 11.0. The molecular formula is C14H23N3. The predicted molar refractivity (Wildman–Crippen MR) is 71.4 cm³/mol. The van der Waals surface area contributed by atoms with E-state index in [-0.39, 0.29) is 0 Å². The minimum atomic E-state index is 0.478. The van der Waals surface area contributed by atoms with Gasteiger partial charge in [0.1, 0.15) is 11.6 Å². The van der Waals surface area contributed by atoms with E-state index in [1.54, 1.807) is 0 Å². The van der Waals surface area contributed by atoms with Gasteiger partial charge in [-0.05, 0) is 38.5 Å². The molecule has 3 heteroatoms. The predicted octanol–water partition coefficient (Wildman–Crippen LogP) is 3.11. The smallest absolute Gasteiger partial charge is 0.132 e. The van der Waals surface area contributed by atoms with Crippen molar-refractivity contribution in [3.63, 3.8) is 0 Å². The monoisotopic (exact) mass is 233 g/mol. The molecule has 94 valence electrons. The van der Waals surface area contributed by atoms with Gasteiger partial charge in [-0.2, -0.15) is 0 Å². The first kappa shape index (κ1) is 12.3. The maximum Gasteiger partial charge on any atom is 0.132 e. The van der Waals surface area contributed by atoms with Crippen LogP contribution in [0, 0.1) is 19.3 Å². The van der Waals surface area contributed by atoms with Crippen molar-refractivity contribution >= 4 is 5.82 Å². The Morgan fingerprint density at radius 2 is 1.88 bits per heavy atom. The summed E-state index contributed by atoms with van der Waals surface area (Å²) in [6.07, 6.45) is 3.82. The van der Waals surface area contributed by atoms with Crippen molar-refractivity contribution in [2.45, 2.75) is 47.0 Å². The molecule has 1 aromatic rings. The lowest BCUT2D eigenvalue weighted by Crippen LogP contribution is -2.26. The average molecular weight is 233 g/mol. The molecule has 0 unspecified atom stereocenters. The fourth-order valence-corrected chi connectivity index (χ4v) is 2.51. The zero-order valence-corrected chi connectivity index (χ0v) is 11.5. The van der Waals surface area contributed by atoms with E-state index in [2.05, 4.69) is 34.8 Å². The van der Waals surface area contributed by atoms with Gasteiger partial charge >= 0.3 is 0 Å². The largest absolute Gasteiger partial charge is 0.356 e. The van der Waals surface area contributed by atoms with Crippen LogP contribution in [0.5, 0.6) is 0 Å². The average Bonchev–Trinajstić information content (AvgIpc) is 2.38. The summed E-state index contributed by atoms with van der Waals surface area (Å²) >= 11 is 0. The molecule has 0 spiro atoms. The first-order valence-corrected chi connectivity index (χ1v) is 6.53. The lowest BCUT2D eigenvalue weighted by atomic mass is 9.85. The lowest BCUT2D eigenvalue weighted by Gasteiger charge is -2.24. The highest BCUT2D eigenvalue weighted by atomic mass is 15.2. The van der Waals surface area contributed by atoms with Crippen molar-refractivity contribution in [1.29, 1.82) is 0 Å². The Hall–Kier alpha value is -1.12. The summed E-state index contributed by atoms with van der Waals surface area (Å²) in [5.74, 6) is 1.98. The van der Waals surface area contributed by atoms with Gasteiger partial charge in [0.15, 0.2) is 0 Å². The first-order chi connectivity index (χ1) is 7.96. The molecule has 0 aromatic carbocycles. The molecule has 2 rings (SSSR count). The molecule has 2 heterocycles. The Kier molecular flexibility index (Phi) is 3.36. The summed E-state index contributed by atoms with van der Waals surface area (Å²) in [7, 11) is 0. The molecule has 1 fully saturated rings. The third kappa shape index (κ3) is 3.18. The molecule has 0 bridgehead atoms. The minimum absolute atomic E-state index is 0.478. The molecule has 1 aliphatic rings. The van der Waals surface area contributed by atoms with Crippen LogP contribution in [0.25, 0.3) is 0 Å². The number of rotatable bonds is 1. The molecule has 0 radical (unpaired) electrons. The van der Waals surface area contributed by atoms with Crippen LogP contribution in [0.4, 0.5) is 5.82 Å². The molecule has 0 aliphatic carbocycles. The molecule has 0 N–H and O–H groups in total. The van der Waals surface area contributed by atoms with Crippen LogP contribution in [0.2, 0.25) is 0 Å². The maximum absolute atomic E-state index is 4.56. The Bertz CT molecular complexity index is 378. The topological polar surface area (TPSA) is 29.0 Å². The molecule has 0 saturated carbocycles. The van der Waals surface area contributed by atoms with Crippen LogP contribution in [-0.2, 0) is 0 Å². The third-order valence-electron chi connectivity index (χ3n) is 3.62. The molecule has 0 amide bonds. The van der Waals surface area contributed by atoms with E-state index in [4.69, 9.17) is 0 Å². The Morgan fingerprint density at radius 1 is 1.12 bits per heavy atom.